The number of rotatable bonds is 2. The first-order valence-corrected chi connectivity index (χ1v) is 3.50. The van der Waals surface area contributed by atoms with E-state index in [0.29, 0.717) is 6.20 Å². The van der Waals surface area contributed by atoms with E-state index >= 15 is 0 Å². The van der Waals surface area contributed by atoms with Crippen LogP contribution in [-0.2, 0) is 0 Å². The molecular weight excluding hydrogens is 215 g/mol. The van der Waals surface area contributed by atoms with E-state index in [1.54, 1.807) is 0 Å². The molecule has 0 aromatic carbocycles. The average Bonchev–Trinajstić information content (AvgIpc) is 2.15. The van der Waals surface area contributed by atoms with E-state index in [4.69, 9.17) is 5.26 Å². The maximum Gasteiger partial charge on any atom is 0.323 e. The van der Waals surface area contributed by atoms with Crippen LogP contribution in [0.5, 0.6) is 0 Å². The average molecular weight is 217 g/mol. The first-order valence-electron chi connectivity index (χ1n) is 3.50. The van der Waals surface area contributed by atoms with Gasteiger partial charge in [-0.2, -0.15) is 9.65 Å². The second kappa shape index (κ2) is 3.91. The Bertz CT molecular complexity index is 456. The van der Waals surface area contributed by atoms with Crippen LogP contribution in [-0.4, -0.2) is 9.91 Å². The largest absolute Gasteiger partial charge is 0.323 e. The number of halogens is 3. The summed E-state index contributed by atoms with van der Waals surface area (Å²) in [5.41, 5.74) is -3.37. The van der Waals surface area contributed by atoms with Crippen LogP contribution in [0.1, 0.15) is 17.7 Å². The van der Waals surface area contributed by atoms with Crippen molar-refractivity contribution >= 4 is 5.69 Å². The number of hydrogen-bond acceptors (Lipinski definition) is 4. The Balaban J connectivity index is 3.51. The van der Waals surface area contributed by atoms with Gasteiger partial charge in [-0.1, -0.05) is 0 Å². The summed E-state index contributed by atoms with van der Waals surface area (Å²) in [4.78, 5) is 12.1. The van der Waals surface area contributed by atoms with Gasteiger partial charge < -0.3 is 0 Å². The van der Waals surface area contributed by atoms with Crippen LogP contribution >= 0.6 is 0 Å². The Kier molecular flexibility index (Phi) is 2.85. The minimum Gasteiger partial charge on any atom is -0.258 e. The fourth-order valence-electron chi connectivity index (χ4n) is 0.909. The van der Waals surface area contributed by atoms with Crippen molar-refractivity contribution in [3.05, 3.63) is 33.4 Å². The fraction of sp³-hybridized carbons (Fsp3) is 0.143. The highest BCUT2D eigenvalue weighted by Crippen LogP contribution is 2.29. The lowest BCUT2D eigenvalue weighted by molar-refractivity contribution is -0.388. The maximum absolute atomic E-state index is 13.1. The molecular formula is C7H2F3N3O2. The zero-order valence-corrected chi connectivity index (χ0v) is 6.95. The van der Waals surface area contributed by atoms with Crippen molar-refractivity contribution in [2.45, 2.75) is 6.43 Å². The summed E-state index contributed by atoms with van der Waals surface area (Å²) in [6, 6.07) is 1.23. The second-order valence-corrected chi connectivity index (χ2v) is 2.39. The minimum absolute atomic E-state index is 0.430. The number of nitriles is 1. The topological polar surface area (TPSA) is 79.8 Å². The molecule has 0 radical (unpaired) electrons. The SMILES string of the molecule is N#Cc1ncc([N+](=O)[O-])c(F)c1C(F)F. The van der Waals surface area contributed by atoms with Crippen molar-refractivity contribution in [2.24, 2.45) is 0 Å². The number of nitro groups is 1. The van der Waals surface area contributed by atoms with Crippen molar-refractivity contribution in [2.75, 3.05) is 0 Å². The van der Waals surface area contributed by atoms with E-state index in [1.165, 1.54) is 6.07 Å². The molecule has 1 rings (SSSR count). The van der Waals surface area contributed by atoms with E-state index in [9.17, 15) is 23.3 Å². The molecule has 1 heterocycles. The molecule has 15 heavy (non-hydrogen) atoms. The molecule has 0 aliphatic heterocycles. The normalized spacial score (nSPS) is 10.1. The summed E-state index contributed by atoms with van der Waals surface area (Å²) >= 11 is 0. The lowest BCUT2D eigenvalue weighted by Crippen LogP contribution is -2.03. The number of hydrogen-bond donors (Lipinski definition) is 0. The predicted octanol–water partition coefficient (Wildman–Crippen LogP) is 1.94. The summed E-state index contributed by atoms with van der Waals surface area (Å²) < 4.78 is 37.6. The van der Waals surface area contributed by atoms with Crippen molar-refractivity contribution in [3.63, 3.8) is 0 Å². The van der Waals surface area contributed by atoms with E-state index in [0.717, 1.165) is 0 Å². The van der Waals surface area contributed by atoms with Crippen LogP contribution in [0.25, 0.3) is 0 Å². The molecule has 0 saturated heterocycles. The van der Waals surface area contributed by atoms with Gasteiger partial charge in [0.25, 0.3) is 6.43 Å². The lowest BCUT2D eigenvalue weighted by Gasteiger charge is -2.02. The third-order valence-corrected chi connectivity index (χ3v) is 1.55. The monoisotopic (exact) mass is 217 g/mol. The first kappa shape index (κ1) is 10.9. The predicted molar refractivity (Wildman–Crippen MR) is 40.5 cm³/mol. The van der Waals surface area contributed by atoms with E-state index in [1.807, 2.05) is 0 Å². The van der Waals surface area contributed by atoms with Crippen LogP contribution < -0.4 is 0 Å². The summed E-state index contributed by atoms with van der Waals surface area (Å²) in [6.07, 6.45) is -2.90. The van der Waals surface area contributed by atoms with Gasteiger partial charge in [-0.05, 0) is 0 Å². The third-order valence-electron chi connectivity index (χ3n) is 1.55. The van der Waals surface area contributed by atoms with Crippen LogP contribution in [0.3, 0.4) is 0 Å². The molecule has 5 nitrogen and oxygen atoms in total. The second-order valence-electron chi connectivity index (χ2n) is 2.39. The highest BCUT2D eigenvalue weighted by atomic mass is 19.3. The van der Waals surface area contributed by atoms with Crippen LogP contribution in [0.15, 0.2) is 6.20 Å². The maximum atomic E-state index is 13.1. The fourth-order valence-corrected chi connectivity index (χ4v) is 0.909. The molecule has 0 atom stereocenters. The van der Waals surface area contributed by atoms with Gasteiger partial charge in [-0.3, -0.25) is 10.1 Å². The van der Waals surface area contributed by atoms with Crippen molar-refractivity contribution in [1.29, 1.82) is 5.26 Å². The summed E-state index contributed by atoms with van der Waals surface area (Å²) in [5.74, 6) is -1.72. The van der Waals surface area contributed by atoms with Crippen molar-refractivity contribution < 1.29 is 18.1 Å². The van der Waals surface area contributed by atoms with Crippen molar-refractivity contribution in [3.8, 4) is 6.07 Å². The summed E-state index contributed by atoms with van der Waals surface area (Å²) in [6.45, 7) is 0. The Morgan fingerprint density at radius 3 is 2.60 bits per heavy atom. The highest BCUT2D eigenvalue weighted by Gasteiger charge is 2.27. The molecule has 0 fully saturated rings. The Labute approximate surface area is 80.9 Å². The molecule has 0 bridgehead atoms. The molecule has 8 heteroatoms. The first-order chi connectivity index (χ1) is 6.99. The van der Waals surface area contributed by atoms with Gasteiger partial charge in [0.1, 0.15) is 12.3 Å². The van der Waals surface area contributed by atoms with Gasteiger partial charge >= 0.3 is 5.69 Å². The molecule has 0 aliphatic rings. The molecule has 0 amide bonds. The zero-order valence-electron chi connectivity index (χ0n) is 6.95. The quantitative estimate of drug-likeness (QED) is 0.560. The Hall–Kier alpha value is -2.17. The smallest absolute Gasteiger partial charge is 0.258 e. The molecule has 1 aromatic heterocycles. The molecule has 0 saturated carbocycles. The highest BCUT2D eigenvalue weighted by molar-refractivity contribution is 5.42. The lowest BCUT2D eigenvalue weighted by atomic mass is 10.2. The number of aromatic nitrogens is 1. The van der Waals surface area contributed by atoms with Crippen LogP contribution in [0.2, 0.25) is 0 Å². The third kappa shape index (κ3) is 1.85. The van der Waals surface area contributed by atoms with E-state index in [2.05, 4.69) is 4.98 Å². The van der Waals surface area contributed by atoms with Crippen LogP contribution in [0.4, 0.5) is 18.9 Å². The molecule has 0 aliphatic carbocycles. The van der Waals surface area contributed by atoms with Crippen LogP contribution in [0, 0.1) is 27.3 Å². The van der Waals surface area contributed by atoms with Gasteiger partial charge in [0.2, 0.25) is 5.82 Å². The van der Waals surface area contributed by atoms with Gasteiger partial charge in [0, 0.05) is 0 Å². The van der Waals surface area contributed by atoms with Gasteiger partial charge in [-0.15, -0.1) is 0 Å². The van der Waals surface area contributed by atoms with Gasteiger partial charge in [-0.25, -0.2) is 13.8 Å². The zero-order chi connectivity index (χ0) is 11.6. The standard InChI is InChI=1S/C7H2F3N3O2/c8-6-4(13(14)15)2-12-3(1-11)5(6)7(9)10/h2,7H. The Morgan fingerprint density at radius 1 is 1.60 bits per heavy atom. The van der Waals surface area contributed by atoms with Gasteiger partial charge in [0.15, 0.2) is 5.69 Å². The summed E-state index contributed by atoms with van der Waals surface area (Å²) in [7, 11) is 0. The number of nitrogens with zero attached hydrogens (tertiary/aromatic N) is 3. The van der Waals surface area contributed by atoms with Crippen molar-refractivity contribution in [1.82, 2.24) is 4.98 Å². The molecule has 0 unspecified atom stereocenters. The van der Waals surface area contributed by atoms with E-state index in [-0.39, 0.29) is 0 Å². The molecule has 0 N–H and O–H groups in total. The van der Waals surface area contributed by atoms with E-state index < -0.39 is 34.1 Å². The summed E-state index contributed by atoms with van der Waals surface area (Å²) in [5, 5.41) is 18.5. The van der Waals surface area contributed by atoms with Gasteiger partial charge in [0.05, 0.1) is 10.5 Å². The number of pyridine rings is 1. The number of alkyl halides is 2. The molecule has 78 valence electrons. The molecule has 1 aromatic rings. The molecule has 0 spiro atoms. The Morgan fingerprint density at radius 2 is 2.20 bits per heavy atom. The minimum atomic E-state index is -3.33.